The first-order valence-electron chi connectivity index (χ1n) is 7.52. The van der Waals surface area contributed by atoms with Gasteiger partial charge < -0.3 is 4.74 Å². The van der Waals surface area contributed by atoms with Gasteiger partial charge in [0, 0.05) is 30.3 Å². The smallest absolute Gasteiger partial charge is 0.192 e. The van der Waals surface area contributed by atoms with Gasteiger partial charge in [0.05, 0.1) is 7.11 Å². The van der Waals surface area contributed by atoms with Crippen molar-refractivity contribution in [3.8, 4) is 17.1 Å². The zero-order valence-electron chi connectivity index (χ0n) is 13.4. The summed E-state index contributed by atoms with van der Waals surface area (Å²) in [5.74, 6) is 2.45. The first-order chi connectivity index (χ1) is 11.8. The van der Waals surface area contributed by atoms with Crippen molar-refractivity contribution in [3.05, 3.63) is 67.0 Å². The van der Waals surface area contributed by atoms with Gasteiger partial charge in [-0.25, -0.2) is 0 Å². The van der Waals surface area contributed by atoms with Crippen molar-refractivity contribution < 1.29 is 4.74 Å². The van der Waals surface area contributed by atoms with Gasteiger partial charge in [0.25, 0.3) is 0 Å². The minimum Gasteiger partial charge on any atom is -0.497 e. The summed E-state index contributed by atoms with van der Waals surface area (Å²) in [6.07, 6.45) is 5.38. The van der Waals surface area contributed by atoms with Crippen LogP contribution in [0.15, 0.2) is 66.6 Å². The third kappa shape index (κ3) is 3.65. The molecule has 0 aliphatic heterocycles. The molecule has 0 saturated heterocycles. The van der Waals surface area contributed by atoms with E-state index in [9.17, 15) is 0 Å². The minimum atomic E-state index is 0.650. The van der Waals surface area contributed by atoms with Crippen LogP contribution in [0.3, 0.4) is 0 Å². The Balaban J connectivity index is 1.83. The fourth-order valence-electron chi connectivity index (χ4n) is 2.31. The SMILES string of the molecule is C=CCn1c(SCc2cccc(OC)c2)nnc1-c1cccnc1. The van der Waals surface area contributed by atoms with Crippen molar-refractivity contribution in [1.82, 2.24) is 19.7 Å². The molecule has 122 valence electrons. The molecule has 1 aromatic carbocycles. The fraction of sp³-hybridized carbons (Fsp3) is 0.167. The normalized spacial score (nSPS) is 10.5. The van der Waals surface area contributed by atoms with Crippen LogP contribution in [0.2, 0.25) is 0 Å². The summed E-state index contributed by atoms with van der Waals surface area (Å²) < 4.78 is 7.32. The van der Waals surface area contributed by atoms with Crippen LogP contribution in [0.1, 0.15) is 5.56 Å². The second-order valence-electron chi connectivity index (χ2n) is 5.09. The van der Waals surface area contributed by atoms with E-state index >= 15 is 0 Å². The van der Waals surface area contributed by atoms with Crippen LogP contribution in [0.25, 0.3) is 11.4 Å². The van der Waals surface area contributed by atoms with Crippen LogP contribution < -0.4 is 4.74 Å². The van der Waals surface area contributed by atoms with Crippen molar-refractivity contribution in [3.63, 3.8) is 0 Å². The quantitative estimate of drug-likeness (QED) is 0.484. The maximum atomic E-state index is 5.27. The number of allylic oxidation sites excluding steroid dienone is 1. The summed E-state index contributed by atoms with van der Waals surface area (Å²) in [6.45, 7) is 4.49. The molecule has 0 fully saturated rings. The number of aromatic nitrogens is 4. The van der Waals surface area contributed by atoms with E-state index in [2.05, 4.69) is 32.4 Å². The van der Waals surface area contributed by atoms with Gasteiger partial charge in [-0.15, -0.1) is 16.8 Å². The van der Waals surface area contributed by atoms with Crippen molar-refractivity contribution in [1.29, 1.82) is 0 Å². The van der Waals surface area contributed by atoms with Gasteiger partial charge in [0.15, 0.2) is 11.0 Å². The molecule has 0 amide bonds. The fourth-order valence-corrected chi connectivity index (χ4v) is 3.20. The van der Waals surface area contributed by atoms with Crippen molar-refractivity contribution in [2.75, 3.05) is 7.11 Å². The number of hydrogen-bond acceptors (Lipinski definition) is 5. The summed E-state index contributed by atoms with van der Waals surface area (Å²) in [5, 5.41) is 9.53. The van der Waals surface area contributed by atoms with Crippen molar-refractivity contribution in [2.24, 2.45) is 0 Å². The molecule has 0 unspecified atom stereocenters. The highest BCUT2D eigenvalue weighted by atomic mass is 32.2. The second-order valence-corrected chi connectivity index (χ2v) is 6.03. The Hall–Kier alpha value is -2.60. The van der Waals surface area contributed by atoms with Gasteiger partial charge in [-0.05, 0) is 29.8 Å². The highest BCUT2D eigenvalue weighted by Crippen LogP contribution is 2.27. The molecule has 5 nitrogen and oxygen atoms in total. The number of pyridine rings is 1. The van der Waals surface area contributed by atoms with E-state index in [1.807, 2.05) is 36.4 Å². The minimum absolute atomic E-state index is 0.650. The second kappa shape index (κ2) is 7.79. The Bertz CT molecular complexity index is 817. The molecule has 0 aliphatic rings. The molecular formula is C18H18N4OS. The summed E-state index contributed by atoms with van der Waals surface area (Å²) in [4.78, 5) is 4.16. The third-order valence-electron chi connectivity index (χ3n) is 3.45. The van der Waals surface area contributed by atoms with E-state index in [0.29, 0.717) is 6.54 Å². The van der Waals surface area contributed by atoms with Gasteiger partial charge in [-0.2, -0.15) is 0 Å². The van der Waals surface area contributed by atoms with Gasteiger partial charge >= 0.3 is 0 Å². The average Bonchev–Trinajstić information content (AvgIpc) is 3.04. The van der Waals surface area contributed by atoms with Crippen LogP contribution in [0.5, 0.6) is 5.75 Å². The Morgan fingerprint density at radius 3 is 2.92 bits per heavy atom. The lowest BCUT2D eigenvalue weighted by Crippen LogP contribution is -2.00. The zero-order valence-corrected chi connectivity index (χ0v) is 14.2. The molecular weight excluding hydrogens is 320 g/mol. The topological polar surface area (TPSA) is 52.8 Å². The Morgan fingerprint density at radius 1 is 1.25 bits per heavy atom. The number of benzene rings is 1. The molecule has 0 N–H and O–H groups in total. The maximum Gasteiger partial charge on any atom is 0.192 e. The van der Waals surface area contributed by atoms with Gasteiger partial charge in [-0.1, -0.05) is 30.0 Å². The molecule has 0 radical (unpaired) electrons. The van der Waals surface area contributed by atoms with Crippen LogP contribution in [0.4, 0.5) is 0 Å². The molecule has 3 aromatic rings. The highest BCUT2D eigenvalue weighted by molar-refractivity contribution is 7.98. The first kappa shape index (κ1) is 16.3. The molecule has 2 aromatic heterocycles. The lowest BCUT2D eigenvalue weighted by molar-refractivity contribution is 0.414. The third-order valence-corrected chi connectivity index (χ3v) is 4.49. The van der Waals surface area contributed by atoms with Crippen LogP contribution in [0, 0.1) is 0 Å². The van der Waals surface area contributed by atoms with Crippen molar-refractivity contribution >= 4 is 11.8 Å². The molecule has 2 heterocycles. The van der Waals surface area contributed by atoms with Crippen molar-refractivity contribution in [2.45, 2.75) is 17.5 Å². The number of rotatable bonds is 7. The maximum absolute atomic E-state index is 5.27. The summed E-state index contributed by atoms with van der Waals surface area (Å²) >= 11 is 1.64. The molecule has 0 aliphatic carbocycles. The highest BCUT2D eigenvalue weighted by Gasteiger charge is 2.13. The number of thioether (sulfide) groups is 1. The number of methoxy groups -OCH3 is 1. The average molecular weight is 338 g/mol. The van der Waals surface area contributed by atoms with Crippen LogP contribution in [-0.4, -0.2) is 26.9 Å². The number of ether oxygens (including phenoxy) is 1. The lowest BCUT2D eigenvalue weighted by Gasteiger charge is -2.08. The summed E-state index contributed by atoms with van der Waals surface area (Å²) in [6, 6.07) is 11.9. The molecule has 3 rings (SSSR count). The Labute approximate surface area is 145 Å². The largest absolute Gasteiger partial charge is 0.497 e. The standard InChI is InChI=1S/C18H18N4OS/c1-3-10-22-17(15-7-5-9-19-12-15)20-21-18(22)24-13-14-6-4-8-16(11-14)23-2/h3-9,11-12H,1,10,13H2,2H3. The number of nitrogens with zero attached hydrogens (tertiary/aromatic N) is 4. The van der Waals surface area contributed by atoms with Gasteiger partial charge in [0.2, 0.25) is 0 Å². The molecule has 0 atom stereocenters. The van der Waals surface area contributed by atoms with E-state index in [-0.39, 0.29) is 0 Å². The van der Waals surface area contributed by atoms with Crippen LogP contribution in [-0.2, 0) is 12.3 Å². The molecule has 24 heavy (non-hydrogen) atoms. The van der Waals surface area contributed by atoms with Gasteiger partial charge in [0.1, 0.15) is 5.75 Å². The lowest BCUT2D eigenvalue weighted by atomic mass is 10.2. The van der Waals surface area contributed by atoms with E-state index in [1.165, 1.54) is 5.56 Å². The Morgan fingerprint density at radius 2 is 2.17 bits per heavy atom. The van der Waals surface area contributed by atoms with E-state index in [4.69, 9.17) is 4.74 Å². The van der Waals surface area contributed by atoms with E-state index in [1.54, 1.807) is 31.3 Å². The van der Waals surface area contributed by atoms with E-state index < -0.39 is 0 Å². The van der Waals surface area contributed by atoms with E-state index in [0.717, 1.165) is 28.0 Å². The molecule has 6 heteroatoms. The summed E-state index contributed by atoms with van der Waals surface area (Å²) in [5.41, 5.74) is 2.12. The molecule has 0 bridgehead atoms. The Kier molecular flexibility index (Phi) is 5.28. The van der Waals surface area contributed by atoms with Gasteiger partial charge in [-0.3, -0.25) is 9.55 Å². The predicted octanol–water partition coefficient (Wildman–Crippen LogP) is 3.83. The zero-order chi connectivity index (χ0) is 16.8. The summed E-state index contributed by atoms with van der Waals surface area (Å²) in [7, 11) is 1.67. The predicted molar refractivity (Wildman–Crippen MR) is 96.0 cm³/mol. The monoisotopic (exact) mass is 338 g/mol. The first-order valence-corrected chi connectivity index (χ1v) is 8.50. The molecule has 0 spiro atoms. The molecule has 0 saturated carbocycles. The van der Waals surface area contributed by atoms with Crippen LogP contribution >= 0.6 is 11.8 Å². The number of hydrogen-bond donors (Lipinski definition) is 0.